The molecule has 1 heterocycles. The third-order valence-electron chi connectivity index (χ3n) is 5.30. The second-order valence-corrected chi connectivity index (χ2v) is 7.84. The summed E-state index contributed by atoms with van der Waals surface area (Å²) < 4.78 is 5.91. The molecule has 1 aromatic carbocycles. The van der Waals surface area contributed by atoms with E-state index in [9.17, 15) is 14.4 Å². The molecule has 0 aliphatic carbocycles. The number of carboxylic acid groups (broad SMARTS) is 1. The molecule has 8 nitrogen and oxygen atoms in total. The lowest BCUT2D eigenvalue weighted by molar-refractivity contribution is -0.139. The zero-order valence-corrected chi connectivity index (χ0v) is 17.8. The molecule has 8 heteroatoms. The van der Waals surface area contributed by atoms with Crippen molar-refractivity contribution in [2.75, 3.05) is 19.7 Å². The molecule has 4 N–H and O–H groups in total. The Hall–Kier alpha value is -2.61. The van der Waals surface area contributed by atoms with Gasteiger partial charge in [0.1, 0.15) is 11.8 Å². The Morgan fingerprint density at radius 1 is 1.30 bits per heavy atom. The second kappa shape index (κ2) is 12.2. The van der Waals surface area contributed by atoms with E-state index in [1.54, 1.807) is 6.92 Å². The number of amides is 2. The van der Waals surface area contributed by atoms with E-state index < -0.39 is 17.9 Å². The number of piperidine rings is 1. The van der Waals surface area contributed by atoms with Gasteiger partial charge in [0.15, 0.2) is 0 Å². The predicted octanol–water partition coefficient (Wildman–Crippen LogP) is 1.75. The summed E-state index contributed by atoms with van der Waals surface area (Å²) in [5.41, 5.74) is 1.99. The molecule has 30 heavy (non-hydrogen) atoms. The van der Waals surface area contributed by atoms with Crippen LogP contribution in [0.4, 0.5) is 0 Å². The quantitative estimate of drug-likeness (QED) is 0.434. The van der Waals surface area contributed by atoms with Gasteiger partial charge in [0.2, 0.25) is 11.8 Å². The van der Waals surface area contributed by atoms with Crippen LogP contribution in [0.15, 0.2) is 18.2 Å². The van der Waals surface area contributed by atoms with Crippen LogP contribution in [0.5, 0.6) is 5.75 Å². The van der Waals surface area contributed by atoms with E-state index in [0.29, 0.717) is 19.1 Å². The molecule has 1 fully saturated rings. The first-order valence-electron chi connectivity index (χ1n) is 10.6. The first kappa shape index (κ1) is 23.7. The van der Waals surface area contributed by atoms with Gasteiger partial charge in [0.05, 0.1) is 13.0 Å². The van der Waals surface area contributed by atoms with Crippen LogP contribution in [0.2, 0.25) is 0 Å². The Morgan fingerprint density at radius 2 is 2.10 bits per heavy atom. The van der Waals surface area contributed by atoms with Gasteiger partial charge in [-0.15, -0.1) is 0 Å². The number of benzene rings is 1. The number of ether oxygens (including phenoxy) is 1. The molecule has 0 bridgehead atoms. The Bertz CT molecular complexity index is 731. The SMILES string of the molecule is Cc1ccc(OCCC2CCCNC2)cc1CNC(=O)[C@H](C)NC(=O)CCC(=O)O. The van der Waals surface area contributed by atoms with Crippen LogP contribution in [-0.2, 0) is 20.9 Å². The van der Waals surface area contributed by atoms with Crippen molar-refractivity contribution in [2.24, 2.45) is 5.92 Å². The topological polar surface area (TPSA) is 117 Å². The van der Waals surface area contributed by atoms with E-state index in [1.807, 2.05) is 25.1 Å². The lowest BCUT2D eigenvalue weighted by Crippen LogP contribution is -2.44. The Balaban J connectivity index is 1.78. The van der Waals surface area contributed by atoms with Crippen molar-refractivity contribution in [1.82, 2.24) is 16.0 Å². The molecular weight excluding hydrogens is 386 g/mol. The zero-order chi connectivity index (χ0) is 21.9. The summed E-state index contributed by atoms with van der Waals surface area (Å²) in [7, 11) is 0. The van der Waals surface area contributed by atoms with Crippen molar-refractivity contribution in [1.29, 1.82) is 0 Å². The molecule has 0 spiro atoms. The number of hydrogen-bond donors (Lipinski definition) is 4. The van der Waals surface area contributed by atoms with E-state index >= 15 is 0 Å². The minimum Gasteiger partial charge on any atom is -0.494 e. The number of carbonyl (C=O) groups excluding carboxylic acids is 2. The summed E-state index contributed by atoms with van der Waals surface area (Å²) in [6, 6.07) is 5.10. The summed E-state index contributed by atoms with van der Waals surface area (Å²) in [5, 5.41) is 17.3. The van der Waals surface area contributed by atoms with Crippen molar-refractivity contribution in [2.45, 2.75) is 58.5 Å². The standard InChI is InChI=1S/C22H33N3O5/c1-15-5-6-19(30-11-9-17-4-3-10-23-13-17)12-18(15)14-24-22(29)16(2)25-20(26)7-8-21(27)28/h5-6,12,16-17,23H,3-4,7-11,13-14H2,1-2H3,(H,24,29)(H,25,26)(H,27,28)/t16-,17?/m0/s1. The molecule has 1 saturated heterocycles. The highest BCUT2D eigenvalue weighted by Crippen LogP contribution is 2.19. The fraction of sp³-hybridized carbons (Fsp3) is 0.591. The van der Waals surface area contributed by atoms with Gasteiger partial charge in [-0.1, -0.05) is 6.07 Å². The van der Waals surface area contributed by atoms with E-state index in [-0.39, 0.29) is 18.7 Å². The summed E-state index contributed by atoms with van der Waals surface area (Å²) in [6.07, 6.45) is 3.07. The highest BCUT2D eigenvalue weighted by atomic mass is 16.5. The number of carboxylic acids is 1. The van der Waals surface area contributed by atoms with Crippen LogP contribution in [-0.4, -0.2) is 48.6 Å². The van der Waals surface area contributed by atoms with Gasteiger partial charge in [-0.2, -0.15) is 0 Å². The van der Waals surface area contributed by atoms with Crippen LogP contribution >= 0.6 is 0 Å². The average molecular weight is 420 g/mol. The molecule has 1 aromatic rings. The lowest BCUT2D eigenvalue weighted by Gasteiger charge is -2.22. The van der Waals surface area contributed by atoms with Crippen molar-refractivity contribution >= 4 is 17.8 Å². The van der Waals surface area contributed by atoms with E-state index in [1.165, 1.54) is 12.8 Å². The molecule has 2 atom stereocenters. The van der Waals surface area contributed by atoms with Crippen LogP contribution in [0.25, 0.3) is 0 Å². The number of rotatable bonds is 11. The maximum atomic E-state index is 12.3. The summed E-state index contributed by atoms with van der Waals surface area (Å²) >= 11 is 0. The number of aliphatic carboxylic acids is 1. The van der Waals surface area contributed by atoms with Gasteiger partial charge in [0, 0.05) is 13.0 Å². The first-order valence-corrected chi connectivity index (χ1v) is 10.6. The molecule has 0 radical (unpaired) electrons. The fourth-order valence-corrected chi connectivity index (χ4v) is 3.38. The molecule has 2 amide bonds. The third-order valence-corrected chi connectivity index (χ3v) is 5.30. The smallest absolute Gasteiger partial charge is 0.303 e. The molecule has 0 saturated carbocycles. The fourth-order valence-electron chi connectivity index (χ4n) is 3.38. The third kappa shape index (κ3) is 8.41. The normalized spacial score (nSPS) is 17.1. The first-order chi connectivity index (χ1) is 14.3. The number of nitrogens with one attached hydrogen (secondary N) is 3. The van der Waals surface area contributed by atoms with Crippen molar-refractivity contribution in [3.63, 3.8) is 0 Å². The molecular formula is C22H33N3O5. The second-order valence-electron chi connectivity index (χ2n) is 7.84. The largest absolute Gasteiger partial charge is 0.494 e. The van der Waals surface area contributed by atoms with Crippen LogP contribution < -0.4 is 20.7 Å². The van der Waals surface area contributed by atoms with Crippen LogP contribution in [0.1, 0.15) is 50.2 Å². The van der Waals surface area contributed by atoms with E-state index in [4.69, 9.17) is 9.84 Å². The number of aryl methyl sites for hydroxylation is 1. The maximum Gasteiger partial charge on any atom is 0.303 e. The maximum absolute atomic E-state index is 12.3. The predicted molar refractivity (Wildman–Crippen MR) is 113 cm³/mol. The molecule has 166 valence electrons. The summed E-state index contributed by atoms with van der Waals surface area (Å²) in [6.45, 7) is 6.69. The molecule has 1 aliphatic rings. The lowest BCUT2D eigenvalue weighted by atomic mass is 9.97. The van der Waals surface area contributed by atoms with E-state index in [0.717, 1.165) is 36.4 Å². The van der Waals surface area contributed by atoms with Gasteiger partial charge < -0.3 is 25.8 Å². The van der Waals surface area contributed by atoms with Gasteiger partial charge in [-0.05, 0) is 75.4 Å². The molecule has 1 unspecified atom stereocenters. The number of hydrogen-bond acceptors (Lipinski definition) is 5. The number of carbonyl (C=O) groups is 3. The minimum absolute atomic E-state index is 0.150. The molecule has 0 aromatic heterocycles. The minimum atomic E-state index is -1.05. The van der Waals surface area contributed by atoms with Gasteiger partial charge in [0.25, 0.3) is 0 Å². The van der Waals surface area contributed by atoms with Crippen LogP contribution in [0, 0.1) is 12.8 Å². The highest BCUT2D eigenvalue weighted by Gasteiger charge is 2.16. The Kier molecular flexibility index (Phi) is 9.60. The van der Waals surface area contributed by atoms with Crippen molar-refractivity contribution in [3.8, 4) is 5.75 Å². The average Bonchev–Trinajstić information content (AvgIpc) is 2.73. The van der Waals surface area contributed by atoms with Gasteiger partial charge in [-0.3, -0.25) is 14.4 Å². The Labute approximate surface area is 177 Å². The highest BCUT2D eigenvalue weighted by molar-refractivity contribution is 5.88. The van der Waals surface area contributed by atoms with Crippen molar-refractivity contribution < 1.29 is 24.2 Å². The summed E-state index contributed by atoms with van der Waals surface area (Å²) in [4.78, 5) is 34.4. The van der Waals surface area contributed by atoms with Crippen LogP contribution in [0.3, 0.4) is 0 Å². The summed E-state index contributed by atoms with van der Waals surface area (Å²) in [5.74, 6) is -0.386. The Morgan fingerprint density at radius 3 is 2.80 bits per heavy atom. The zero-order valence-electron chi connectivity index (χ0n) is 17.8. The monoisotopic (exact) mass is 419 g/mol. The van der Waals surface area contributed by atoms with Crippen molar-refractivity contribution in [3.05, 3.63) is 29.3 Å². The van der Waals surface area contributed by atoms with Gasteiger partial charge >= 0.3 is 5.97 Å². The molecule has 2 rings (SSSR count). The van der Waals surface area contributed by atoms with E-state index in [2.05, 4.69) is 16.0 Å². The van der Waals surface area contributed by atoms with Gasteiger partial charge in [-0.25, -0.2) is 0 Å². The molecule has 1 aliphatic heterocycles.